The van der Waals surface area contributed by atoms with E-state index in [1.54, 1.807) is 0 Å². The van der Waals surface area contributed by atoms with Crippen LogP contribution < -0.4 is 18.9 Å². The van der Waals surface area contributed by atoms with Gasteiger partial charge in [-0.1, -0.05) is 146 Å². The zero-order valence-corrected chi connectivity index (χ0v) is 35.4. The molecule has 0 bridgehead atoms. The molecule has 0 heterocycles. The molecule has 8 aromatic carbocycles. The first-order valence-electron chi connectivity index (χ1n) is 21.4. The lowest BCUT2D eigenvalue weighted by Crippen LogP contribution is -2.31. The summed E-state index contributed by atoms with van der Waals surface area (Å²) in [7, 11) is 0. The zero-order chi connectivity index (χ0) is 42.0. The van der Waals surface area contributed by atoms with Gasteiger partial charge in [-0.25, -0.2) is 0 Å². The molecular weight excluding hydrogens is 749 g/mol. The van der Waals surface area contributed by atoms with Crippen LogP contribution in [-0.2, 0) is 5.41 Å². The smallest absolute Gasteiger partial charge is 0.119 e. The number of ether oxygens (including phenoxy) is 4. The molecule has 304 valence electrons. The van der Waals surface area contributed by atoms with E-state index in [2.05, 4.69) is 146 Å². The first kappa shape index (κ1) is 40.7. The van der Waals surface area contributed by atoms with Crippen molar-refractivity contribution >= 4 is 0 Å². The maximum absolute atomic E-state index is 5.75. The summed E-state index contributed by atoms with van der Waals surface area (Å²) in [6, 6.07) is 69.8. The molecular formula is C57H52O4. The topological polar surface area (TPSA) is 36.9 Å². The molecule has 61 heavy (non-hydrogen) atoms. The molecule has 4 heteroatoms. The quantitative estimate of drug-likeness (QED) is 0.0912. The van der Waals surface area contributed by atoms with Gasteiger partial charge in [-0.3, -0.25) is 0 Å². The van der Waals surface area contributed by atoms with E-state index in [4.69, 9.17) is 18.9 Å². The molecule has 8 rings (SSSR count). The molecule has 0 N–H and O–H groups in total. The van der Waals surface area contributed by atoms with Crippen LogP contribution in [0, 0.1) is 0 Å². The van der Waals surface area contributed by atoms with Gasteiger partial charge in [0.2, 0.25) is 0 Å². The third-order valence-corrected chi connectivity index (χ3v) is 11.3. The predicted molar refractivity (Wildman–Crippen MR) is 251 cm³/mol. The Morgan fingerprint density at radius 2 is 0.377 bits per heavy atom. The second-order valence-corrected chi connectivity index (χ2v) is 14.9. The summed E-state index contributed by atoms with van der Waals surface area (Å²) in [5.74, 6) is 3.49. The van der Waals surface area contributed by atoms with Crippen LogP contribution in [0.4, 0.5) is 0 Å². The van der Waals surface area contributed by atoms with E-state index < -0.39 is 5.41 Å². The Hall–Kier alpha value is -7.04. The summed E-state index contributed by atoms with van der Waals surface area (Å²) in [4.78, 5) is 0. The fourth-order valence-electron chi connectivity index (χ4n) is 8.29. The fourth-order valence-corrected chi connectivity index (χ4v) is 8.29. The number of hydrogen-bond donors (Lipinski definition) is 0. The van der Waals surface area contributed by atoms with E-state index >= 15 is 0 Å². The van der Waals surface area contributed by atoms with E-state index in [-0.39, 0.29) is 0 Å². The molecule has 0 aliphatic rings. The molecule has 0 radical (unpaired) electrons. The van der Waals surface area contributed by atoms with Gasteiger partial charge < -0.3 is 18.9 Å². The van der Waals surface area contributed by atoms with Crippen LogP contribution in [0.5, 0.6) is 23.0 Å². The summed E-state index contributed by atoms with van der Waals surface area (Å²) < 4.78 is 23.0. The van der Waals surface area contributed by atoms with Crippen LogP contribution in [0.25, 0.3) is 44.5 Å². The standard InChI is InChI=1S/C57H52O4/c1-5-58-53-33-17-45(18-34-53)41-9-25-49(26-10-41)57(50-27-11-42(12-28-50)46-19-35-54(36-20-46)59-6-2,51-29-13-43(14-30-51)47-21-37-55(38-22-47)60-7-3)52-31-15-44(16-32-52)48-23-39-56(40-24-48)61-8-4/h9-40H,5-8H2,1-4H3. The van der Waals surface area contributed by atoms with Gasteiger partial charge in [0.25, 0.3) is 0 Å². The van der Waals surface area contributed by atoms with Gasteiger partial charge in [0.1, 0.15) is 23.0 Å². The van der Waals surface area contributed by atoms with Gasteiger partial charge in [-0.2, -0.15) is 0 Å². The molecule has 0 aliphatic heterocycles. The molecule has 0 atom stereocenters. The van der Waals surface area contributed by atoms with Crippen molar-refractivity contribution in [3.63, 3.8) is 0 Å². The van der Waals surface area contributed by atoms with Crippen molar-refractivity contribution in [2.75, 3.05) is 26.4 Å². The molecule has 0 unspecified atom stereocenters. The zero-order valence-electron chi connectivity index (χ0n) is 35.4. The van der Waals surface area contributed by atoms with Crippen LogP contribution in [0.3, 0.4) is 0 Å². The Balaban J connectivity index is 1.28. The van der Waals surface area contributed by atoms with E-state index in [9.17, 15) is 0 Å². The molecule has 0 aromatic heterocycles. The summed E-state index contributed by atoms with van der Waals surface area (Å²) in [6.45, 7) is 10.6. The lowest BCUT2D eigenvalue weighted by Gasteiger charge is -2.37. The summed E-state index contributed by atoms with van der Waals surface area (Å²) in [5.41, 5.74) is 13.1. The highest BCUT2D eigenvalue weighted by Crippen LogP contribution is 2.47. The van der Waals surface area contributed by atoms with Crippen LogP contribution in [0.1, 0.15) is 49.9 Å². The first-order valence-corrected chi connectivity index (χ1v) is 21.4. The Kier molecular flexibility index (Phi) is 12.6. The normalized spacial score (nSPS) is 11.2. The third-order valence-electron chi connectivity index (χ3n) is 11.3. The van der Waals surface area contributed by atoms with Crippen molar-refractivity contribution in [2.45, 2.75) is 33.1 Å². The van der Waals surface area contributed by atoms with Crippen molar-refractivity contribution in [3.05, 3.63) is 216 Å². The van der Waals surface area contributed by atoms with E-state index in [1.807, 2.05) is 76.2 Å². The van der Waals surface area contributed by atoms with Crippen LogP contribution in [0.2, 0.25) is 0 Å². The van der Waals surface area contributed by atoms with Gasteiger partial charge in [0.15, 0.2) is 0 Å². The van der Waals surface area contributed by atoms with E-state index in [1.165, 1.54) is 22.3 Å². The fraction of sp³-hybridized carbons (Fsp3) is 0.158. The number of benzene rings is 8. The average molecular weight is 801 g/mol. The maximum atomic E-state index is 5.75. The number of rotatable bonds is 16. The monoisotopic (exact) mass is 800 g/mol. The Morgan fingerprint density at radius 1 is 0.230 bits per heavy atom. The average Bonchev–Trinajstić information content (AvgIpc) is 3.32. The lowest BCUT2D eigenvalue weighted by molar-refractivity contribution is 0.340. The minimum absolute atomic E-state index is 0.639. The minimum Gasteiger partial charge on any atom is -0.494 e. The van der Waals surface area contributed by atoms with Crippen molar-refractivity contribution in [2.24, 2.45) is 0 Å². The molecule has 0 fully saturated rings. The summed E-state index contributed by atoms with van der Waals surface area (Å²) in [5, 5.41) is 0. The van der Waals surface area contributed by atoms with Crippen LogP contribution in [0.15, 0.2) is 194 Å². The van der Waals surface area contributed by atoms with Crippen LogP contribution in [-0.4, -0.2) is 26.4 Å². The highest BCUT2D eigenvalue weighted by molar-refractivity contribution is 5.73. The van der Waals surface area contributed by atoms with Crippen molar-refractivity contribution in [1.29, 1.82) is 0 Å². The van der Waals surface area contributed by atoms with E-state index in [0.717, 1.165) is 67.5 Å². The Bertz CT molecular complexity index is 2220. The second-order valence-electron chi connectivity index (χ2n) is 14.9. The Morgan fingerprint density at radius 3 is 0.525 bits per heavy atom. The molecule has 0 spiro atoms. The molecule has 0 saturated carbocycles. The van der Waals surface area contributed by atoms with Gasteiger partial charge in [-0.15, -0.1) is 0 Å². The molecule has 0 aliphatic carbocycles. The molecule has 0 amide bonds. The SMILES string of the molecule is CCOc1ccc(-c2ccc(C(c3ccc(-c4ccc(OCC)cc4)cc3)(c3ccc(-c4ccc(OCC)cc4)cc3)c3ccc(-c4ccc(OCC)cc4)cc3)cc2)cc1. The third kappa shape index (κ3) is 8.81. The van der Waals surface area contributed by atoms with Gasteiger partial charge in [0.05, 0.1) is 31.8 Å². The molecule has 0 saturated heterocycles. The Labute approximate surface area is 361 Å². The van der Waals surface area contributed by atoms with Gasteiger partial charge >= 0.3 is 0 Å². The van der Waals surface area contributed by atoms with Gasteiger partial charge in [0, 0.05) is 0 Å². The van der Waals surface area contributed by atoms with Gasteiger partial charge in [-0.05, 0) is 143 Å². The highest BCUT2D eigenvalue weighted by atomic mass is 16.5. The summed E-state index contributed by atoms with van der Waals surface area (Å²) >= 11 is 0. The van der Waals surface area contributed by atoms with Crippen molar-refractivity contribution < 1.29 is 18.9 Å². The first-order chi connectivity index (χ1) is 30.0. The minimum atomic E-state index is -0.677. The van der Waals surface area contributed by atoms with E-state index in [0.29, 0.717) is 26.4 Å². The predicted octanol–water partition coefficient (Wildman–Crippen LogP) is 14.3. The largest absolute Gasteiger partial charge is 0.494 e. The second kappa shape index (κ2) is 18.9. The maximum Gasteiger partial charge on any atom is 0.119 e. The number of hydrogen-bond acceptors (Lipinski definition) is 4. The van der Waals surface area contributed by atoms with Crippen molar-refractivity contribution in [1.82, 2.24) is 0 Å². The van der Waals surface area contributed by atoms with Crippen molar-refractivity contribution in [3.8, 4) is 67.5 Å². The lowest BCUT2D eigenvalue weighted by atomic mass is 9.64. The highest BCUT2D eigenvalue weighted by Gasteiger charge is 2.38. The summed E-state index contributed by atoms with van der Waals surface area (Å²) in [6.07, 6.45) is 0. The molecule has 4 nitrogen and oxygen atoms in total. The van der Waals surface area contributed by atoms with Crippen LogP contribution >= 0.6 is 0 Å². The molecule has 8 aromatic rings.